The van der Waals surface area contributed by atoms with Crippen molar-refractivity contribution in [2.24, 2.45) is 0 Å². The number of piperazine rings is 1. The van der Waals surface area contributed by atoms with Crippen LogP contribution in [0.5, 0.6) is 5.75 Å². The van der Waals surface area contributed by atoms with E-state index in [1.807, 2.05) is 18.2 Å². The van der Waals surface area contributed by atoms with Gasteiger partial charge in [0.05, 0.1) is 5.52 Å². The summed E-state index contributed by atoms with van der Waals surface area (Å²) in [6.45, 7) is 1.74. The van der Waals surface area contributed by atoms with E-state index in [2.05, 4.69) is 4.98 Å². The quantitative estimate of drug-likeness (QED) is 0.739. The van der Waals surface area contributed by atoms with Crippen molar-refractivity contribution in [1.82, 2.24) is 14.8 Å². The molecule has 1 fully saturated rings. The smallest absolute Gasteiger partial charge is 0.417 e. The van der Waals surface area contributed by atoms with Gasteiger partial charge in [-0.15, -0.1) is 0 Å². The Morgan fingerprint density at radius 2 is 1.71 bits per heavy atom. The number of amides is 2. The summed E-state index contributed by atoms with van der Waals surface area (Å²) in [5.74, 6) is -0.161. The molecule has 4 rings (SSSR count). The third-order valence-corrected chi connectivity index (χ3v) is 4.69. The maximum Gasteiger partial charge on any atom is 0.417 e. The third kappa shape index (κ3) is 3.75. The van der Waals surface area contributed by atoms with Crippen LogP contribution in [0.4, 0.5) is 0 Å². The number of hydrogen-bond acceptors (Lipinski definition) is 5. The molecule has 1 N–H and O–H groups in total. The number of oxazole rings is 1. The predicted octanol–water partition coefficient (Wildman–Crippen LogP) is 1.48. The Hall–Kier alpha value is -3.55. The molecule has 2 heterocycles. The number of carbonyl (C=O) groups is 2. The van der Waals surface area contributed by atoms with Crippen molar-refractivity contribution in [3.8, 4) is 5.75 Å². The van der Waals surface area contributed by atoms with Crippen LogP contribution in [0.25, 0.3) is 11.1 Å². The zero-order valence-corrected chi connectivity index (χ0v) is 15.1. The molecule has 0 bridgehead atoms. The van der Waals surface area contributed by atoms with E-state index in [0.717, 1.165) is 0 Å². The zero-order chi connectivity index (χ0) is 19.5. The minimum atomic E-state index is -0.551. The number of nitrogens with one attached hydrogen (secondary N) is 1. The Morgan fingerprint density at radius 3 is 2.46 bits per heavy atom. The monoisotopic (exact) mass is 381 g/mol. The molecular weight excluding hydrogens is 362 g/mol. The first kappa shape index (κ1) is 17.8. The van der Waals surface area contributed by atoms with Gasteiger partial charge >= 0.3 is 5.76 Å². The van der Waals surface area contributed by atoms with Crippen molar-refractivity contribution >= 4 is 22.9 Å². The van der Waals surface area contributed by atoms with E-state index >= 15 is 0 Å². The van der Waals surface area contributed by atoms with Gasteiger partial charge in [-0.1, -0.05) is 18.2 Å². The van der Waals surface area contributed by atoms with Crippen LogP contribution in [0, 0.1) is 0 Å². The number of H-pyrrole nitrogens is 1. The molecule has 0 spiro atoms. The summed E-state index contributed by atoms with van der Waals surface area (Å²) >= 11 is 0. The van der Waals surface area contributed by atoms with E-state index in [4.69, 9.17) is 9.15 Å². The summed E-state index contributed by atoms with van der Waals surface area (Å²) < 4.78 is 10.5. The molecule has 0 atom stereocenters. The molecule has 1 aromatic heterocycles. The fourth-order valence-corrected chi connectivity index (χ4v) is 3.17. The van der Waals surface area contributed by atoms with Crippen LogP contribution < -0.4 is 10.5 Å². The zero-order valence-electron chi connectivity index (χ0n) is 15.1. The highest BCUT2D eigenvalue weighted by atomic mass is 16.5. The summed E-state index contributed by atoms with van der Waals surface area (Å²) in [5.41, 5.74) is 1.35. The molecule has 0 saturated carbocycles. The number of aromatic nitrogens is 1. The first-order valence-corrected chi connectivity index (χ1v) is 8.98. The van der Waals surface area contributed by atoms with Gasteiger partial charge < -0.3 is 19.0 Å². The number of para-hydroxylation sites is 1. The highest BCUT2D eigenvalue weighted by Gasteiger charge is 2.25. The molecule has 8 nitrogen and oxygen atoms in total. The third-order valence-electron chi connectivity index (χ3n) is 4.69. The second-order valence-corrected chi connectivity index (χ2v) is 6.50. The van der Waals surface area contributed by atoms with Gasteiger partial charge in [0.15, 0.2) is 12.2 Å². The topological polar surface area (TPSA) is 95.9 Å². The second kappa shape index (κ2) is 7.59. The van der Waals surface area contributed by atoms with Crippen molar-refractivity contribution in [2.75, 3.05) is 32.8 Å². The lowest BCUT2D eigenvalue weighted by Gasteiger charge is -2.34. The van der Waals surface area contributed by atoms with Gasteiger partial charge in [-0.3, -0.25) is 14.6 Å². The van der Waals surface area contributed by atoms with Crippen molar-refractivity contribution in [2.45, 2.75) is 0 Å². The highest BCUT2D eigenvalue weighted by molar-refractivity contribution is 5.97. The molecule has 0 radical (unpaired) electrons. The molecular formula is C20H19N3O5. The standard InChI is InChI=1S/C20H19N3O5/c24-18(13-27-15-4-2-1-3-5-15)22-8-10-23(11-9-22)19(25)14-6-7-16-17(12-14)28-20(26)21-16/h1-7,12H,8-11,13H2,(H,21,26). The SMILES string of the molecule is O=C(COc1ccccc1)N1CCN(C(=O)c2ccc3[nH]c(=O)oc3c2)CC1. The van der Waals surface area contributed by atoms with Crippen molar-refractivity contribution in [1.29, 1.82) is 0 Å². The average Bonchev–Trinajstić information content (AvgIpc) is 3.11. The predicted molar refractivity (Wildman–Crippen MR) is 101 cm³/mol. The molecule has 2 amide bonds. The summed E-state index contributed by atoms with van der Waals surface area (Å²) in [7, 11) is 0. The molecule has 3 aromatic rings. The average molecular weight is 381 g/mol. The molecule has 2 aromatic carbocycles. The number of benzene rings is 2. The van der Waals surface area contributed by atoms with Crippen LogP contribution in [-0.4, -0.2) is 59.4 Å². The minimum absolute atomic E-state index is 0.0266. The summed E-state index contributed by atoms with van der Waals surface area (Å²) in [6.07, 6.45) is 0. The Labute approximate surface area is 160 Å². The Bertz CT molecular complexity index is 1050. The van der Waals surface area contributed by atoms with E-state index in [0.29, 0.717) is 48.6 Å². The van der Waals surface area contributed by atoms with Crippen molar-refractivity contribution < 1.29 is 18.7 Å². The number of ether oxygens (including phenoxy) is 1. The molecule has 144 valence electrons. The van der Waals surface area contributed by atoms with Crippen molar-refractivity contribution in [3.05, 3.63) is 64.6 Å². The van der Waals surface area contributed by atoms with Gasteiger partial charge in [-0.05, 0) is 30.3 Å². The van der Waals surface area contributed by atoms with E-state index in [1.54, 1.807) is 40.1 Å². The Balaban J connectivity index is 1.33. The van der Waals surface area contributed by atoms with Gasteiger partial charge in [0, 0.05) is 31.7 Å². The lowest BCUT2D eigenvalue weighted by atomic mass is 10.1. The highest BCUT2D eigenvalue weighted by Crippen LogP contribution is 2.16. The second-order valence-electron chi connectivity index (χ2n) is 6.50. The van der Waals surface area contributed by atoms with Crippen LogP contribution in [0.15, 0.2) is 57.7 Å². The summed E-state index contributed by atoms with van der Waals surface area (Å²) in [5, 5.41) is 0. The maximum atomic E-state index is 12.7. The van der Waals surface area contributed by atoms with Crippen LogP contribution in [0.2, 0.25) is 0 Å². The molecule has 8 heteroatoms. The van der Waals surface area contributed by atoms with E-state index in [1.165, 1.54) is 0 Å². The number of carbonyl (C=O) groups excluding carboxylic acids is 2. The number of nitrogens with zero attached hydrogens (tertiary/aromatic N) is 2. The fraction of sp³-hybridized carbons (Fsp3) is 0.250. The van der Waals surface area contributed by atoms with E-state index < -0.39 is 5.76 Å². The van der Waals surface area contributed by atoms with Gasteiger partial charge in [0.25, 0.3) is 11.8 Å². The first-order chi connectivity index (χ1) is 13.6. The van der Waals surface area contributed by atoms with Crippen LogP contribution in [0.1, 0.15) is 10.4 Å². The first-order valence-electron chi connectivity index (χ1n) is 8.98. The number of aromatic amines is 1. The molecule has 28 heavy (non-hydrogen) atoms. The number of hydrogen-bond donors (Lipinski definition) is 1. The van der Waals surface area contributed by atoms with E-state index in [9.17, 15) is 14.4 Å². The van der Waals surface area contributed by atoms with Crippen LogP contribution in [0.3, 0.4) is 0 Å². The van der Waals surface area contributed by atoms with E-state index in [-0.39, 0.29) is 18.4 Å². The minimum Gasteiger partial charge on any atom is -0.484 e. The van der Waals surface area contributed by atoms with Crippen molar-refractivity contribution in [3.63, 3.8) is 0 Å². The Morgan fingerprint density at radius 1 is 1.00 bits per heavy atom. The number of fused-ring (bicyclic) bond motifs is 1. The summed E-state index contributed by atoms with van der Waals surface area (Å²) in [6, 6.07) is 14.0. The molecule has 1 aliphatic heterocycles. The molecule has 1 aliphatic rings. The number of rotatable bonds is 4. The van der Waals surface area contributed by atoms with Gasteiger partial charge in [0.1, 0.15) is 5.75 Å². The fourth-order valence-electron chi connectivity index (χ4n) is 3.17. The van der Waals surface area contributed by atoms with Gasteiger partial charge in [-0.2, -0.15) is 0 Å². The lowest BCUT2D eigenvalue weighted by molar-refractivity contribution is -0.134. The normalized spacial score (nSPS) is 14.3. The largest absolute Gasteiger partial charge is 0.484 e. The maximum absolute atomic E-state index is 12.7. The van der Waals surface area contributed by atoms with Crippen LogP contribution in [-0.2, 0) is 4.79 Å². The molecule has 0 unspecified atom stereocenters. The molecule has 1 saturated heterocycles. The lowest BCUT2D eigenvalue weighted by Crippen LogP contribution is -2.51. The molecule has 0 aliphatic carbocycles. The van der Waals surface area contributed by atoms with Gasteiger partial charge in [0.2, 0.25) is 0 Å². The Kier molecular flexibility index (Phi) is 4.84. The van der Waals surface area contributed by atoms with Crippen LogP contribution >= 0.6 is 0 Å². The summed E-state index contributed by atoms with van der Waals surface area (Å²) in [4.78, 5) is 42.2. The van der Waals surface area contributed by atoms with Gasteiger partial charge in [-0.25, -0.2) is 4.79 Å².